The number of aliphatic hydroxyl groups is 1. The first-order valence-electron chi connectivity index (χ1n) is 4.06. The lowest BCUT2D eigenvalue weighted by molar-refractivity contribution is 0.177. The van der Waals surface area contributed by atoms with Crippen LogP contribution in [-0.4, -0.2) is 20.7 Å². The number of halogens is 1. The first kappa shape index (κ1) is 12.8. The van der Waals surface area contributed by atoms with Crippen LogP contribution in [0, 0.1) is 0 Å². The first-order valence-corrected chi connectivity index (χ1v) is 6.54. The summed E-state index contributed by atoms with van der Waals surface area (Å²) in [5.41, 5.74) is 5.98. The number of hydrogen-bond donors (Lipinski definition) is 4. The molecule has 1 rings (SSSR count). The lowest BCUT2D eigenvalue weighted by Crippen LogP contribution is -2.26. The summed E-state index contributed by atoms with van der Waals surface area (Å²) in [6, 6.07) is 5.45. The van der Waals surface area contributed by atoms with Crippen LogP contribution in [0.25, 0.3) is 0 Å². The van der Waals surface area contributed by atoms with E-state index in [1.54, 1.807) is 24.3 Å². The van der Waals surface area contributed by atoms with Crippen molar-refractivity contribution in [3.63, 3.8) is 0 Å². The molecule has 0 spiro atoms. The van der Waals surface area contributed by atoms with Crippen molar-refractivity contribution < 1.29 is 19.5 Å². The van der Waals surface area contributed by atoms with Crippen LogP contribution in [0.4, 0.5) is 0 Å². The van der Waals surface area contributed by atoms with Crippen molar-refractivity contribution in [2.75, 3.05) is 0 Å². The Bertz CT molecular complexity index is 377. The molecule has 0 aliphatic heterocycles. The predicted octanol–water partition coefficient (Wildman–Crippen LogP) is 0.945. The first-order chi connectivity index (χ1) is 6.82. The fraction of sp³-hybridized carbons (Fsp3) is 0.250. The van der Waals surface area contributed by atoms with E-state index in [0.29, 0.717) is 5.56 Å². The summed E-state index contributed by atoms with van der Waals surface area (Å²) in [6.07, 6.45) is 0. The zero-order valence-corrected chi connectivity index (χ0v) is 10.1. The maximum atomic E-state index is 10.8. The molecule has 5 nitrogen and oxygen atoms in total. The van der Waals surface area contributed by atoms with Gasteiger partial charge in [0.15, 0.2) is 5.85 Å². The lowest BCUT2D eigenvalue weighted by atomic mass is 10.1. The normalized spacial score (nSPS) is 16.1. The van der Waals surface area contributed by atoms with Crippen LogP contribution in [0.3, 0.4) is 0 Å². The largest absolute Gasteiger partial charge is 0.379 e. The topological polar surface area (TPSA) is 104 Å². The average molecular weight is 296 g/mol. The van der Waals surface area contributed by atoms with Gasteiger partial charge >= 0.3 is 7.60 Å². The zero-order chi connectivity index (χ0) is 11.6. The number of hydrogen-bond acceptors (Lipinski definition) is 3. The van der Waals surface area contributed by atoms with E-state index in [4.69, 9.17) is 15.5 Å². The van der Waals surface area contributed by atoms with Gasteiger partial charge in [0.25, 0.3) is 0 Å². The number of aliphatic hydroxyl groups excluding tert-OH is 1. The third kappa shape index (κ3) is 3.38. The van der Waals surface area contributed by atoms with E-state index >= 15 is 0 Å². The van der Waals surface area contributed by atoms with Crippen molar-refractivity contribution in [1.82, 2.24) is 0 Å². The smallest absolute Gasteiger partial charge is 0.355 e. The van der Waals surface area contributed by atoms with E-state index in [1.165, 1.54) is 0 Å². The molecule has 0 heterocycles. The van der Waals surface area contributed by atoms with Crippen LogP contribution in [-0.2, 0) is 4.57 Å². The van der Waals surface area contributed by atoms with Crippen molar-refractivity contribution in [3.8, 4) is 0 Å². The molecule has 0 fully saturated rings. The van der Waals surface area contributed by atoms with Gasteiger partial charge in [-0.2, -0.15) is 0 Å². The Hall–Kier alpha value is -0.230. The molecule has 0 saturated heterocycles. The highest BCUT2D eigenvalue weighted by Crippen LogP contribution is 2.44. The highest BCUT2D eigenvalue weighted by atomic mass is 79.9. The van der Waals surface area contributed by atoms with Crippen molar-refractivity contribution >= 4 is 23.5 Å². The van der Waals surface area contributed by atoms with Crippen molar-refractivity contribution in [2.45, 2.75) is 11.9 Å². The van der Waals surface area contributed by atoms with Gasteiger partial charge in [-0.15, -0.1) is 0 Å². The van der Waals surface area contributed by atoms with Gasteiger partial charge in [0.05, 0.1) is 6.04 Å². The summed E-state index contributed by atoms with van der Waals surface area (Å²) in [5, 5.41) is 9.28. The fourth-order valence-electron chi connectivity index (χ4n) is 1.07. The van der Waals surface area contributed by atoms with Gasteiger partial charge in [-0.25, -0.2) is 0 Å². The molecular formula is C8H11BrNO4P. The molecular weight excluding hydrogens is 285 g/mol. The van der Waals surface area contributed by atoms with Crippen LogP contribution in [0.15, 0.2) is 28.7 Å². The number of benzene rings is 1. The molecule has 0 radical (unpaired) electrons. The van der Waals surface area contributed by atoms with Crippen LogP contribution in [0.5, 0.6) is 0 Å². The molecule has 7 heteroatoms. The van der Waals surface area contributed by atoms with Crippen LogP contribution in [0.1, 0.15) is 11.6 Å². The van der Waals surface area contributed by atoms with E-state index in [9.17, 15) is 9.67 Å². The van der Waals surface area contributed by atoms with Gasteiger partial charge in [0.2, 0.25) is 0 Å². The van der Waals surface area contributed by atoms with Gasteiger partial charge in [0, 0.05) is 4.47 Å². The summed E-state index contributed by atoms with van der Waals surface area (Å²) in [4.78, 5) is 17.5. The number of rotatable bonds is 3. The van der Waals surface area contributed by atoms with Gasteiger partial charge < -0.3 is 20.6 Å². The molecule has 84 valence electrons. The highest BCUT2D eigenvalue weighted by Gasteiger charge is 2.32. The summed E-state index contributed by atoms with van der Waals surface area (Å²) in [5.74, 6) is -1.88. The summed E-state index contributed by atoms with van der Waals surface area (Å²) < 4.78 is 11.6. The Labute approximate surface area is 95.2 Å². The molecule has 1 aromatic carbocycles. The molecule has 1 aromatic rings. The van der Waals surface area contributed by atoms with Crippen LogP contribution in [0.2, 0.25) is 0 Å². The molecule has 0 unspecified atom stereocenters. The second-order valence-corrected chi connectivity index (χ2v) is 5.70. The Balaban J connectivity index is 2.90. The van der Waals surface area contributed by atoms with E-state index in [1.807, 2.05) is 0 Å². The van der Waals surface area contributed by atoms with E-state index < -0.39 is 19.5 Å². The average Bonchev–Trinajstić information content (AvgIpc) is 2.15. The molecule has 5 N–H and O–H groups in total. The molecule has 0 aliphatic rings. The Morgan fingerprint density at radius 2 is 1.73 bits per heavy atom. The fourth-order valence-corrected chi connectivity index (χ4v) is 1.92. The summed E-state index contributed by atoms with van der Waals surface area (Å²) in [7, 11) is -4.57. The van der Waals surface area contributed by atoms with E-state index in [-0.39, 0.29) is 0 Å². The minimum absolute atomic E-state index is 0.467. The van der Waals surface area contributed by atoms with Gasteiger partial charge in [0.1, 0.15) is 0 Å². The molecule has 0 aromatic heterocycles. The molecule has 0 amide bonds. The third-order valence-electron chi connectivity index (χ3n) is 1.92. The molecule has 0 bridgehead atoms. The zero-order valence-electron chi connectivity index (χ0n) is 7.62. The molecule has 0 aliphatic carbocycles. The monoisotopic (exact) mass is 295 g/mol. The van der Waals surface area contributed by atoms with E-state index in [0.717, 1.165) is 4.47 Å². The number of nitrogens with two attached hydrogens (primary N) is 1. The maximum absolute atomic E-state index is 10.8. The van der Waals surface area contributed by atoms with Gasteiger partial charge in [-0.05, 0) is 17.7 Å². The lowest BCUT2D eigenvalue weighted by Gasteiger charge is -2.19. The van der Waals surface area contributed by atoms with Crippen molar-refractivity contribution in [1.29, 1.82) is 0 Å². The molecule has 0 saturated carbocycles. The maximum Gasteiger partial charge on any atom is 0.355 e. The Morgan fingerprint density at radius 3 is 2.13 bits per heavy atom. The second kappa shape index (κ2) is 4.74. The van der Waals surface area contributed by atoms with Crippen LogP contribution >= 0.6 is 23.5 Å². The Kier molecular flexibility index (Phi) is 4.06. The SMILES string of the molecule is N[C@H](c1ccc(Br)cc1)[C@H](O)P(=O)(O)O. The second-order valence-electron chi connectivity index (χ2n) is 3.08. The summed E-state index contributed by atoms with van der Waals surface area (Å²) in [6.45, 7) is 0. The predicted molar refractivity (Wildman–Crippen MR) is 59.1 cm³/mol. The standard InChI is InChI=1S/C8H11BrNO4P/c9-6-3-1-5(2-4-6)7(10)8(11)15(12,13)14/h1-4,7-8,11H,10H2,(H2,12,13,14)/t7-,8-/m1/s1. The van der Waals surface area contributed by atoms with Crippen molar-refractivity contribution in [3.05, 3.63) is 34.3 Å². The minimum atomic E-state index is -4.57. The van der Waals surface area contributed by atoms with Crippen LogP contribution < -0.4 is 5.73 Å². The third-order valence-corrected chi connectivity index (χ3v) is 3.46. The minimum Gasteiger partial charge on any atom is -0.379 e. The van der Waals surface area contributed by atoms with Gasteiger partial charge in [-0.1, -0.05) is 28.1 Å². The Morgan fingerprint density at radius 1 is 1.27 bits per heavy atom. The molecule has 2 atom stereocenters. The quantitative estimate of drug-likeness (QED) is 0.622. The van der Waals surface area contributed by atoms with E-state index in [2.05, 4.69) is 15.9 Å². The highest BCUT2D eigenvalue weighted by molar-refractivity contribution is 9.10. The van der Waals surface area contributed by atoms with Gasteiger partial charge in [-0.3, -0.25) is 4.57 Å². The van der Waals surface area contributed by atoms with Crippen molar-refractivity contribution in [2.24, 2.45) is 5.73 Å². The summed E-state index contributed by atoms with van der Waals surface area (Å²) >= 11 is 3.21. The molecule has 15 heavy (non-hydrogen) atoms.